The standard InChI is InChI=1S/C9H13N3O3/c1-6(13)9(14)15-4-7(10)2-8-3-11-5-12-8/h3,5,7H,2,4,10H2,1H3,(H,11,12)/t7-/m0/s1. The zero-order valence-electron chi connectivity index (χ0n) is 8.40. The van der Waals surface area contributed by atoms with Crippen molar-refractivity contribution in [1.82, 2.24) is 9.97 Å². The molecule has 0 aliphatic rings. The van der Waals surface area contributed by atoms with E-state index in [1.807, 2.05) is 0 Å². The van der Waals surface area contributed by atoms with E-state index in [1.54, 1.807) is 12.5 Å². The molecular weight excluding hydrogens is 198 g/mol. The van der Waals surface area contributed by atoms with Gasteiger partial charge < -0.3 is 15.5 Å². The Labute approximate surface area is 86.8 Å². The molecule has 1 aromatic heterocycles. The van der Waals surface area contributed by atoms with Crippen LogP contribution in [-0.4, -0.2) is 34.4 Å². The largest absolute Gasteiger partial charge is 0.458 e. The Morgan fingerprint density at radius 1 is 1.67 bits per heavy atom. The number of nitrogens with one attached hydrogen (secondary N) is 1. The Balaban J connectivity index is 2.28. The molecule has 1 aromatic rings. The number of rotatable bonds is 5. The van der Waals surface area contributed by atoms with E-state index >= 15 is 0 Å². The monoisotopic (exact) mass is 211 g/mol. The van der Waals surface area contributed by atoms with Crippen molar-refractivity contribution in [2.45, 2.75) is 19.4 Å². The molecule has 0 aliphatic heterocycles. The molecule has 0 aromatic carbocycles. The fraction of sp³-hybridized carbons (Fsp3) is 0.444. The lowest BCUT2D eigenvalue weighted by molar-refractivity contribution is -0.153. The lowest BCUT2D eigenvalue weighted by Crippen LogP contribution is -2.31. The molecule has 1 rings (SSSR count). The van der Waals surface area contributed by atoms with Crippen LogP contribution < -0.4 is 5.73 Å². The second kappa shape index (κ2) is 5.26. The fourth-order valence-corrected chi connectivity index (χ4v) is 1.01. The summed E-state index contributed by atoms with van der Waals surface area (Å²) in [7, 11) is 0. The SMILES string of the molecule is CC(=O)C(=O)OC[C@@H](N)Cc1c[nH]cn1. The number of imidazole rings is 1. The molecule has 0 saturated carbocycles. The van der Waals surface area contributed by atoms with Crippen LogP contribution in [-0.2, 0) is 20.7 Å². The number of H-pyrrole nitrogens is 1. The molecule has 6 nitrogen and oxygen atoms in total. The van der Waals surface area contributed by atoms with E-state index in [-0.39, 0.29) is 12.6 Å². The first-order chi connectivity index (χ1) is 7.09. The number of esters is 1. The number of aromatic nitrogens is 2. The highest BCUT2D eigenvalue weighted by Gasteiger charge is 2.12. The second-order valence-corrected chi connectivity index (χ2v) is 3.18. The summed E-state index contributed by atoms with van der Waals surface area (Å²) in [6.07, 6.45) is 3.75. The molecule has 3 N–H and O–H groups in total. The molecule has 0 spiro atoms. The van der Waals surface area contributed by atoms with Crippen molar-refractivity contribution in [3.63, 3.8) is 0 Å². The summed E-state index contributed by atoms with van der Waals surface area (Å²) in [5, 5.41) is 0. The van der Waals surface area contributed by atoms with Gasteiger partial charge in [-0.25, -0.2) is 9.78 Å². The van der Waals surface area contributed by atoms with Gasteiger partial charge in [-0.05, 0) is 0 Å². The van der Waals surface area contributed by atoms with Gasteiger partial charge in [-0.2, -0.15) is 0 Å². The first-order valence-electron chi connectivity index (χ1n) is 4.50. The molecule has 1 heterocycles. The van der Waals surface area contributed by atoms with Crippen LogP contribution in [0.2, 0.25) is 0 Å². The number of hydrogen-bond acceptors (Lipinski definition) is 5. The third-order valence-corrected chi connectivity index (χ3v) is 1.74. The number of nitrogens with two attached hydrogens (primary N) is 1. The molecule has 82 valence electrons. The van der Waals surface area contributed by atoms with Gasteiger partial charge in [0.2, 0.25) is 5.78 Å². The highest BCUT2D eigenvalue weighted by Crippen LogP contribution is 1.97. The minimum Gasteiger partial charge on any atom is -0.458 e. The number of Topliss-reactive ketones (excluding diaryl/α,β-unsaturated/α-hetero) is 1. The van der Waals surface area contributed by atoms with Gasteiger partial charge >= 0.3 is 5.97 Å². The van der Waals surface area contributed by atoms with E-state index in [9.17, 15) is 9.59 Å². The van der Waals surface area contributed by atoms with Gasteiger partial charge in [-0.1, -0.05) is 0 Å². The number of nitrogens with zero attached hydrogens (tertiary/aromatic N) is 1. The van der Waals surface area contributed by atoms with Gasteiger partial charge in [0.1, 0.15) is 6.61 Å². The lowest BCUT2D eigenvalue weighted by atomic mass is 10.2. The first-order valence-corrected chi connectivity index (χ1v) is 4.50. The fourth-order valence-electron chi connectivity index (χ4n) is 1.01. The van der Waals surface area contributed by atoms with Gasteiger partial charge in [0.25, 0.3) is 0 Å². The number of carbonyl (C=O) groups is 2. The van der Waals surface area contributed by atoms with Crippen molar-refractivity contribution in [3.8, 4) is 0 Å². The maximum Gasteiger partial charge on any atom is 0.374 e. The Morgan fingerprint density at radius 3 is 2.93 bits per heavy atom. The van der Waals surface area contributed by atoms with Crippen LogP contribution in [0.1, 0.15) is 12.6 Å². The van der Waals surface area contributed by atoms with Gasteiger partial charge in [0.15, 0.2) is 0 Å². The molecule has 0 aliphatic carbocycles. The number of hydrogen-bond donors (Lipinski definition) is 2. The predicted molar refractivity (Wildman–Crippen MR) is 51.9 cm³/mol. The summed E-state index contributed by atoms with van der Waals surface area (Å²) in [4.78, 5) is 28.1. The van der Waals surface area contributed by atoms with Crippen LogP contribution in [0.4, 0.5) is 0 Å². The summed E-state index contributed by atoms with van der Waals surface area (Å²) >= 11 is 0. The van der Waals surface area contributed by atoms with Crippen LogP contribution in [0.15, 0.2) is 12.5 Å². The molecule has 0 bridgehead atoms. The Morgan fingerprint density at radius 2 is 2.40 bits per heavy atom. The number of ether oxygens (including phenoxy) is 1. The number of ketones is 1. The van der Waals surface area contributed by atoms with Crippen molar-refractivity contribution >= 4 is 11.8 Å². The lowest BCUT2D eigenvalue weighted by Gasteiger charge is -2.09. The van der Waals surface area contributed by atoms with Gasteiger partial charge in [0, 0.05) is 25.6 Å². The van der Waals surface area contributed by atoms with Crippen molar-refractivity contribution in [3.05, 3.63) is 18.2 Å². The van der Waals surface area contributed by atoms with E-state index in [4.69, 9.17) is 5.73 Å². The molecule has 15 heavy (non-hydrogen) atoms. The zero-order chi connectivity index (χ0) is 11.3. The van der Waals surface area contributed by atoms with Crippen LogP contribution in [0.3, 0.4) is 0 Å². The Kier molecular flexibility index (Phi) is 3.99. The summed E-state index contributed by atoms with van der Waals surface area (Å²) in [5.74, 6) is -1.48. The maximum atomic E-state index is 10.8. The zero-order valence-corrected chi connectivity index (χ0v) is 8.40. The summed E-state index contributed by atoms with van der Waals surface area (Å²) in [6.45, 7) is 1.17. The van der Waals surface area contributed by atoms with Crippen molar-refractivity contribution in [2.24, 2.45) is 5.73 Å². The van der Waals surface area contributed by atoms with E-state index in [0.29, 0.717) is 6.42 Å². The molecule has 6 heteroatoms. The van der Waals surface area contributed by atoms with E-state index in [0.717, 1.165) is 12.6 Å². The summed E-state index contributed by atoms with van der Waals surface area (Å²) in [5.41, 5.74) is 6.46. The normalized spacial score (nSPS) is 12.1. The highest BCUT2D eigenvalue weighted by atomic mass is 16.5. The van der Waals surface area contributed by atoms with Crippen molar-refractivity contribution < 1.29 is 14.3 Å². The first kappa shape index (κ1) is 11.4. The smallest absolute Gasteiger partial charge is 0.374 e. The van der Waals surface area contributed by atoms with E-state index < -0.39 is 11.8 Å². The second-order valence-electron chi connectivity index (χ2n) is 3.18. The summed E-state index contributed by atoms with van der Waals surface area (Å²) < 4.78 is 4.66. The quantitative estimate of drug-likeness (QED) is 0.501. The minimum atomic E-state index is -0.854. The maximum absolute atomic E-state index is 10.8. The van der Waals surface area contributed by atoms with Crippen molar-refractivity contribution in [2.75, 3.05) is 6.61 Å². The molecule has 0 fully saturated rings. The van der Waals surface area contributed by atoms with E-state index in [2.05, 4.69) is 14.7 Å². The third-order valence-electron chi connectivity index (χ3n) is 1.74. The van der Waals surface area contributed by atoms with Gasteiger partial charge in [-0.15, -0.1) is 0 Å². The summed E-state index contributed by atoms with van der Waals surface area (Å²) in [6, 6.07) is -0.350. The third kappa shape index (κ3) is 3.90. The molecule has 0 amide bonds. The molecule has 0 saturated heterocycles. The highest BCUT2D eigenvalue weighted by molar-refractivity contribution is 6.32. The van der Waals surface area contributed by atoms with Crippen LogP contribution in [0.25, 0.3) is 0 Å². The molecular formula is C9H13N3O3. The average molecular weight is 211 g/mol. The van der Waals surface area contributed by atoms with Crippen LogP contribution >= 0.6 is 0 Å². The number of aromatic amines is 1. The molecule has 0 radical (unpaired) electrons. The Hall–Kier alpha value is -1.69. The van der Waals surface area contributed by atoms with Gasteiger partial charge in [0.05, 0.1) is 12.0 Å². The predicted octanol–water partition coefficient (Wildman–Crippen LogP) is -0.588. The minimum absolute atomic E-state index is 0.0191. The molecule has 1 atom stereocenters. The van der Waals surface area contributed by atoms with Crippen LogP contribution in [0.5, 0.6) is 0 Å². The topological polar surface area (TPSA) is 98.1 Å². The molecule has 0 unspecified atom stereocenters. The van der Waals surface area contributed by atoms with Gasteiger partial charge in [-0.3, -0.25) is 4.79 Å². The van der Waals surface area contributed by atoms with E-state index in [1.165, 1.54) is 0 Å². The average Bonchev–Trinajstić information content (AvgIpc) is 2.66. The number of carbonyl (C=O) groups excluding carboxylic acids is 2. The van der Waals surface area contributed by atoms with Crippen LogP contribution in [0, 0.1) is 0 Å². The van der Waals surface area contributed by atoms with Crippen molar-refractivity contribution in [1.29, 1.82) is 0 Å². The Bertz CT molecular complexity index is 334.